The van der Waals surface area contributed by atoms with Gasteiger partial charge in [-0.3, -0.25) is 9.52 Å². The van der Waals surface area contributed by atoms with Crippen LogP contribution in [0.5, 0.6) is 0 Å². The molecule has 0 heterocycles. The van der Waals surface area contributed by atoms with E-state index in [2.05, 4.69) is 16.6 Å². The number of nitrogens with one attached hydrogen (secondary N) is 2. The highest BCUT2D eigenvalue weighted by Crippen LogP contribution is 2.25. The largest absolute Gasteiger partial charge is 0.545 e. The van der Waals surface area contributed by atoms with Gasteiger partial charge >= 0.3 is 0 Å². The molecule has 0 saturated heterocycles. The molecule has 0 radical (unpaired) electrons. The van der Waals surface area contributed by atoms with E-state index in [9.17, 15) is 23.1 Å². The third kappa shape index (κ3) is 4.53. The summed E-state index contributed by atoms with van der Waals surface area (Å²) < 4.78 is 28.1. The number of hydrogen-bond donors (Lipinski definition) is 2. The predicted molar refractivity (Wildman–Crippen MR) is 100 cm³/mol. The van der Waals surface area contributed by atoms with E-state index in [1.54, 1.807) is 26.0 Å². The maximum absolute atomic E-state index is 12.9. The first-order valence-corrected chi connectivity index (χ1v) is 9.49. The predicted octanol–water partition coefficient (Wildman–Crippen LogP) is 1.38. The van der Waals surface area contributed by atoms with E-state index >= 15 is 0 Å². The second-order valence-corrected chi connectivity index (χ2v) is 7.50. The van der Waals surface area contributed by atoms with Crippen LogP contribution in [0.4, 0.5) is 5.69 Å². The molecule has 2 aromatic carbocycles. The molecule has 7 nitrogen and oxygen atoms in total. The van der Waals surface area contributed by atoms with E-state index < -0.39 is 21.9 Å². The standard InChI is InChI=1S/C19H20N2O5S/c1-4-9-20-18(22)15-7-5-6-8-16(15)21-27(25,26)17-11-14(19(23)24)10-12(2)13(17)3/h4-8,10-11,21H,1,9H2,2-3H3,(H,20,22)(H,23,24)/p-1. The topological polar surface area (TPSA) is 115 Å². The molecular formula is C19H19N2O5S-. The summed E-state index contributed by atoms with van der Waals surface area (Å²) in [6.45, 7) is 6.92. The van der Waals surface area contributed by atoms with Crippen molar-refractivity contribution in [2.24, 2.45) is 0 Å². The van der Waals surface area contributed by atoms with Crippen LogP contribution in [0, 0.1) is 13.8 Å². The second-order valence-electron chi connectivity index (χ2n) is 5.85. The molecule has 2 N–H and O–H groups in total. The number of carboxylic acid groups (broad SMARTS) is 1. The Bertz CT molecular complexity index is 1010. The van der Waals surface area contributed by atoms with Crippen molar-refractivity contribution in [2.75, 3.05) is 11.3 Å². The third-order valence-electron chi connectivity index (χ3n) is 3.97. The first-order chi connectivity index (χ1) is 12.7. The third-order valence-corrected chi connectivity index (χ3v) is 5.46. The number of hydrogen-bond acceptors (Lipinski definition) is 5. The van der Waals surface area contributed by atoms with E-state index in [0.29, 0.717) is 11.1 Å². The number of aromatic carboxylic acids is 1. The number of carbonyl (C=O) groups is 2. The van der Waals surface area contributed by atoms with Crippen molar-refractivity contribution in [3.8, 4) is 0 Å². The lowest BCUT2D eigenvalue weighted by molar-refractivity contribution is -0.255. The summed E-state index contributed by atoms with van der Waals surface area (Å²) in [5.41, 5.74) is 0.869. The molecule has 0 aliphatic heterocycles. The molecule has 2 rings (SSSR count). The fraction of sp³-hybridized carbons (Fsp3) is 0.158. The normalized spacial score (nSPS) is 10.9. The fourth-order valence-corrected chi connectivity index (χ4v) is 3.88. The van der Waals surface area contributed by atoms with Crippen LogP contribution in [0.2, 0.25) is 0 Å². The zero-order valence-electron chi connectivity index (χ0n) is 14.9. The fourth-order valence-electron chi connectivity index (χ4n) is 2.45. The minimum absolute atomic E-state index is 0.0787. The molecule has 0 unspecified atom stereocenters. The Morgan fingerprint density at radius 2 is 1.85 bits per heavy atom. The molecule has 0 spiro atoms. The Morgan fingerprint density at radius 3 is 2.48 bits per heavy atom. The van der Waals surface area contributed by atoms with Gasteiger partial charge in [-0.2, -0.15) is 0 Å². The molecule has 0 saturated carbocycles. The molecule has 142 valence electrons. The van der Waals surface area contributed by atoms with Gasteiger partial charge in [0.15, 0.2) is 0 Å². The molecule has 0 fully saturated rings. The van der Waals surface area contributed by atoms with Crippen LogP contribution in [-0.2, 0) is 10.0 Å². The van der Waals surface area contributed by atoms with Crippen molar-refractivity contribution in [2.45, 2.75) is 18.7 Å². The second kappa shape index (κ2) is 8.05. The van der Waals surface area contributed by atoms with E-state index in [-0.39, 0.29) is 28.3 Å². The minimum atomic E-state index is -4.14. The average molecular weight is 387 g/mol. The number of amides is 1. The van der Waals surface area contributed by atoms with Crippen LogP contribution < -0.4 is 15.1 Å². The van der Waals surface area contributed by atoms with Crippen LogP contribution in [0.1, 0.15) is 31.8 Å². The Kier molecular flexibility index (Phi) is 6.02. The Labute approximate surface area is 157 Å². The lowest BCUT2D eigenvalue weighted by Crippen LogP contribution is -2.26. The molecule has 0 aliphatic carbocycles. The summed E-state index contributed by atoms with van der Waals surface area (Å²) in [6.07, 6.45) is 1.50. The summed E-state index contributed by atoms with van der Waals surface area (Å²) >= 11 is 0. The average Bonchev–Trinajstić information content (AvgIpc) is 2.61. The summed E-state index contributed by atoms with van der Waals surface area (Å²) in [7, 11) is -4.14. The monoisotopic (exact) mass is 387 g/mol. The van der Waals surface area contributed by atoms with Crippen LogP contribution in [0.15, 0.2) is 53.9 Å². The highest BCUT2D eigenvalue weighted by atomic mass is 32.2. The van der Waals surface area contributed by atoms with E-state index in [1.165, 1.54) is 24.3 Å². The SMILES string of the molecule is C=CCNC(=O)c1ccccc1NS(=O)(=O)c1cc(C(=O)[O-])cc(C)c1C. The maximum atomic E-state index is 12.9. The Hall–Kier alpha value is -3.13. The summed E-state index contributed by atoms with van der Waals surface area (Å²) in [5.74, 6) is -1.94. The van der Waals surface area contributed by atoms with Gasteiger partial charge in [-0.05, 0) is 54.8 Å². The number of carbonyl (C=O) groups excluding carboxylic acids is 2. The van der Waals surface area contributed by atoms with Gasteiger partial charge in [-0.25, -0.2) is 8.42 Å². The first-order valence-electron chi connectivity index (χ1n) is 8.01. The van der Waals surface area contributed by atoms with Crippen molar-refractivity contribution in [3.63, 3.8) is 0 Å². The number of benzene rings is 2. The van der Waals surface area contributed by atoms with E-state index in [1.807, 2.05) is 0 Å². The van der Waals surface area contributed by atoms with Crippen molar-refractivity contribution in [1.29, 1.82) is 0 Å². The summed E-state index contributed by atoms with van der Waals surface area (Å²) in [5, 5.41) is 13.7. The lowest BCUT2D eigenvalue weighted by Gasteiger charge is -2.16. The highest BCUT2D eigenvalue weighted by molar-refractivity contribution is 7.92. The molecule has 0 aromatic heterocycles. The van der Waals surface area contributed by atoms with Gasteiger partial charge < -0.3 is 15.2 Å². The lowest BCUT2D eigenvalue weighted by atomic mass is 10.1. The van der Waals surface area contributed by atoms with Crippen LogP contribution in [0.25, 0.3) is 0 Å². The van der Waals surface area contributed by atoms with Gasteiger partial charge in [-0.1, -0.05) is 18.2 Å². The van der Waals surface area contributed by atoms with E-state index in [0.717, 1.165) is 6.07 Å². The smallest absolute Gasteiger partial charge is 0.262 e. The number of para-hydroxylation sites is 1. The summed E-state index contributed by atoms with van der Waals surface area (Å²) in [6, 6.07) is 8.50. The summed E-state index contributed by atoms with van der Waals surface area (Å²) in [4.78, 5) is 23.2. The number of carboxylic acids is 1. The van der Waals surface area contributed by atoms with Crippen LogP contribution in [0.3, 0.4) is 0 Å². The van der Waals surface area contributed by atoms with Gasteiger partial charge in [-0.15, -0.1) is 6.58 Å². The maximum Gasteiger partial charge on any atom is 0.262 e. The molecule has 2 aromatic rings. The van der Waals surface area contributed by atoms with Gasteiger partial charge in [0.25, 0.3) is 15.9 Å². The molecule has 1 amide bonds. The first kappa shape index (κ1) is 20.2. The van der Waals surface area contributed by atoms with Crippen molar-refractivity contribution < 1.29 is 23.1 Å². The van der Waals surface area contributed by atoms with Gasteiger partial charge in [0, 0.05) is 6.54 Å². The molecule has 0 bridgehead atoms. The zero-order valence-corrected chi connectivity index (χ0v) is 15.7. The number of sulfonamides is 1. The Morgan fingerprint density at radius 1 is 1.19 bits per heavy atom. The van der Waals surface area contributed by atoms with Crippen LogP contribution >= 0.6 is 0 Å². The molecule has 27 heavy (non-hydrogen) atoms. The van der Waals surface area contributed by atoms with Crippen LogP contribution in [-0.4, -0.2) is 26.8 Å². The number of aryl methyl sites for hydroxylation is 1. The Balaban J connectivity index is 2.48. The highest BCUT2D eigenvalue weighted by Gasteiger charge is 2.22. The zero-order chi connectivity index (χ0) is 20.2. The quantitative estimate of drug-likeness (QED) is 0.697. The number of rotatable bonds is 7. The van der Waals surface area contributed by atoms with Gasteiger partial charge in [0.05, 0.1) is 22.1 Å². The molecule has 0 atom stereocenters. The number of anilines is 1. The molecule has 0 aliphatic rings. The minimum Gasteiger partial charge on any atom is -0.545 e. The van der Waals surface area contributed by atoms with Crippen molar-refractivity contribution in [3.05, 3.63) is 71.3 Å². The van der Waals surface area contributed by atoms with E-state index in [4.69, 9.17) is 0 Å². The van der Waals surface area contributed by atoms with Gasteiger partial charge in [0.2, 0.25) is 0 Å². The van der Waals surface area contributed by atoms with Crippen molar-refractivity contribution in [1.82, 2.24) is 5.32 Å². The molecule has 8 heteroatoms. The van der Waals surface area contributed by atoms with Gasteiger partial charge in [0.1, 0.15) is 0 Å². The van der Waals surface area contributed by atoms with Crippen molar-refractivity contribution >= 4 is 27.6 Å². The molecular weight excluding hydrogens is 368 g/mol.